The van der Waals surface area contributed by atoms with E-state index in [9.17, 15) is 14.4 Å². The monoisotopic (exact) mass is 485 g/mol. The molecular weight excluding hydrogens is 450 g/mol. The standard InChI is InChI=1S/C30H35N3O3/c1-5-25(29(35)31-20(2)3)33(19-22-16-14-21(4)15-17-22)27(34)13-8-18-32-26-12-7-10-23-9-6-11-24(28(23)26)30(32)36/h6-7,9-12,14-17,20,25H,5,8,13,18-19H2,1-4H3,(H,31,35)/t25-/m0/s1. The van der Waals surface area contributed by atoms with E-state index in [0.29, 0.717) is 31.5 Å². The Labute approximate surface area is 213 Å². The van der Waals surface area contributed by atoms with Crippen molar-refractivity contribution in [1.29, 1.82) is 0 Å². The van der Waals surface area contributed by atoms with Crippen molar-refractivity contribution in [2.75, 3.05) is 11.4 Å². The lowest BCUT2D eigenvalue weighted by atomic mass is 10.1. The molecule has 0 bridgehead atoms. The Morgan fingerprint density at radius 2 is 1.69 bits per heavy atom. The highest BCUT2D eigenvalue weighted by atomic mass is 16.2. The summed E-state index contributed by atoms with van der Waals surface area (Å²) < 4.78 is 0. The molecule has 3 aromatic rings. The van der Waals surface area contributed by atoms with Gasteiger partial charge in [-0.05, 0) is 56.7 Å². The van der Waals surface area contributed by atoms with Crippen LogP contribution in [0, 0.1) is 6.92 Å². The highest BCUT2D eigenvalue weighted by molar-refractivity contribution is 6.25. The van der Waals surface area contributed by atoms with Crippen molar-refractivity contribution in [3.63, 3.8) is 0 Å². The van der Waals surface area contributed by atoms with E-state index in [-0.39, 0.29) is 30.2 Å². The van der Waals surface area contributed by atoms with E-state index in [1.54, 1.807) is 9.80 Å². The molecule has 0 saturated carbocycles. The number of nitrogens with one attached hydrogen (secondary N) is 1. The predicted octanol–water partition coefficient (Wildman–Crippen LogP) is 5.22. The van der Waals surface area contributed by atoms with E-state index in [4.69, 9.17) is 0 Å². The second-order valence-electron chi connectivity index (χ2n) is 9.84. The van der Waals surface area contributed by atoms with Gasteiger partial charge in [-0.15, -0.1) is 0 Å². The van der Waals surface area contributed by atoms with Crippen LogP contribution < -0.4 is 10.2 Å². The van der Waals surface area contributed by atoms with E-state index >= 15 is 0 Å². The number of nitrogens with zero attached hydrogens (tertiary/aromatic N) is 2. The molecule has 36 heavy (non-hydrogen) atoms. The normalized spacial score (nSPS) is 13.4. The summed E-state index contributed by atoms with van der Waals surface area (Å²) >= 11 is 0. The van der Waals surface area contributed by atoms with Gasteiger partial charge >= 0.3 is 0 Å². The van der Waals surface area contributed by atoms with E-state index in [1.165, 1.54) is 0 Å². The van der Waals surface area contributed by atoms with Gasteiger partial charge in [0.2, 0.25) is 11.8 Å². The highest BCUT2D eigenvalue weighted by Crippen LogP contribution is 2.37. The molecule has 1 atom stereocenters. The van der Waals surface area contributed by atoms with Gasteiger partial charge in [0.1, 0.15) is 6.04 Å². The number of benzene rings is 3. The number of hydrogen-bond acceptors (Lipinski definition) is 3. The number of hydrogen-bond donors (Lipinski definition) is 1. The lowest BCUT2D eigenvalue weighted by Gasteiger charge is -2.31. The molecule has 0 fully saturated rings. The van der Waals surface area contributed by atoms with Crippen LogP contribution in [-0.2, 0) is 16.1 Å². The van der Waals surface area contributed by atoms with Crippen LogP contribution in [-0.4, -0.2) is 41.2 Å². The van der Waals surface area contributed by atoms with Gasteiger partial charge in [-0.25, -0.2) is 0 Å². The molecule has 0 radical (unpaired) electrons. The summed E-state index contributed by atoms with van der Waals surface area (Å²) in [5, 5.41) is 4.99. The Balaban J connectivity index is 1.48. The largest absolute Gasteiger partial charge is 0.352 e. The first kappa shape index (κ1) is 25.4. The van der Waals surface area contributed by atoms with Crippen molar-refractivity contribution < 1.29 is 14.4 Å². The maximum absolute atomic E-state index is 13.5. The maximum atomic E-state index is 13.5. The molecule has 4 rings (SSSR count). The molecule has 0 aromatic heterocycles. The quantitative estimate of drug-likeness (QED) is 0.428. The van der Waals surface area contributed by atoms with Gasteiger partial charge in [0.05, 0.1) is 5.69 Å². The first-order valence-corrected chi connectivity index (χ1v) is 12.8. The molecule has 0 aliphatic carbocycles. The minimum absolute atomic E-state index is 0.00611. The van der Waals surface area contributed by atoms with Crippen molar-refractivity contribution in [2.45, 2.75) is 65.6 Å². The van der Waals surface area contributed by atoms with Crippen molar-refractivity contribution >= 4 is 34.2 Å². The molecule has 1 aliphatic heterocycles. The third kappa shape index (κ3) is 5.27. The fraction of sp³-hybridized carbons (Fsp3) is 0.367. The Bertz CT molecular complexity index is 1260. The zero-order chi connectivity index (χ0) is 25.8. The van der Waals surface area contributed by atoms with E-state index in [1.807, 2.05) is 88.4 Å². The highest BCUT2D eigenvalue weighted by Gasteiger charge is 2.31. The second-order valence-corrected chi connectivity index (χ2v) is 9.84. The number of carbonyl (C=O) groups is 3. The molecule has 1 N–H and O–H groups in total. The summed E-state index contributed by atoms with van der Waals surface area (Å²) in [4.78, 5) is 43.0. The second kappa shape index (κ2) is 10.9. The molecule has 0 saturated heterocycles. The zero-order valence-electron chi connectivity index (χ0n) is 21.6. The third-order valence-electron chi connectivity index (χ3n) is 6.71. The molecule has 3 amide bonds. The molecule has 188 valence electrons. The summed E-state index contributed by atoms with van der Waals surface area (Å²) in [6.45, 7) is 8.61. The van der Waals surface area contributed by atoms with Gasteiger partial charge in [0.25, 0.3) is 5.91 Å². The minimum atomic E-state index is -0.548. The number of amides is 3. The van der Waals surface area contributed by atoms with Crippen LogP contribution in [0.25, 0.3) is 10.8 Å². The van der Waals surface area contributed by atoms with E-state index in [2.05, 4.69) is 5.32 Å². The molecule has 3 aromatic carbocycles. The van der Waals surface area contributed by atoms with Gasteiger partial charge in [0.15, 0.2) is 0 Å². The van der Waals surface area contributed by atoms with Crippen LogP contribution in [0.4, 0.5) is 5.69 Å². The van der Waals surface area contributed by atoms with E-state index in [0.717, 1.165) is 27.6 Å². The van der Waals surface area contributed by atoms with Crippen molar-refractivity contribution in [3.05, 3.63) is 77.4 Å². The van der Waals surface area contributed by atoms with Gasteiger partial charge in [-0.2, -0.15) is 0 Å². The van der Waals surface area contributed by atoms with Crippen LogP contribution in [0.2, 0.25) is 0 Å². The number of anilines is 1. The van der Waals surface area contributed by atoms with Crippen molar-refractivity contribution in [2.24, 2.45) is 0 Å². The zero-order valence-corrected chi connectivity index (χ0v) is 21.6. The van der Waals surface area contributed by atoms with Crippen LogP contribution >= 0.6 is 0 Å². The van der Waals surface area contributed by atoms with Crippen LogP contribution in [0.15, 0.2) is 60.7 Å². The average Bonchev–Trinajstić information content (AvgIpc) is 3.12. The first-order valence-electron chi connectivity index (χ1n) is 12.8. The molecule has 6 heteroatoms. The molecule has 0 unspecified atom stereocenters. The van der Waals surface area contributed by atoms with Gasteiger partial charge in [-0.3, -0.25) is 14.4 Å². The van der Waals surface area contributed by atoms with Crippen LogP contribution in [0.3, 0.4) is 0 Å². The van der Waals surface area contributed by atoms with Crippen LogP contribution in [0.1, 0.15) is 61.5 Å². The lowest BCUT2D eigenvalue weighted by molar-refractivity contribution is -0.141. The topological polar surface area (TPSA) is 69.7 Å². The Morgan fingerprint density at radius 1 is 1.00 bits per heavy atom. The summed E-state index contributed by atoms with van der Waals surface area (Å²) in [5.74, 6) is -0.234. The van der Waals surface area contributed by atoms with Crippen molar-refractivity contribution in [1.82, 2.24) is 10.2 Å². The van der Waals surface area contributed by atoms with Crippen molar-refractivity contribution in [3.8, 4) is 0 Å². The van der Waals surface area contributed by atoms with E-state index < -0.39 is 6.04 Å². The smallest absolute Gasteiger partial charge is 0.258 e. The van der Waals surface area contributed by atoms with Gasteiger partial charge in [-0.1, -0.05) is 61.0 Å². The maximum Gasteiger partial charge on any atom is 0.258 e. The molecule has 6 nitrogen and oxygen atoms in total. The summed E-state index contributed by atoms with van der Waals surface area (Å²) in [7, 11) is 0. The molecule has 0 spiro atoms. The Morgan fingerprint density at radius 3 is 2.36 bits per heavy atom. The minimum Gasteiger partial charge on any atom is -0.352 e. The predicted molar refractivity (Wildman–Crippen MR) is 144 cm³/mol. The fourth-order valence-corrected chi connectivity index (χ4v) is 4.92. The third-order valence-corrected chi connectivity index (χ3v) is 6.71. The summed E-state index contributed by atoms with van der Waals surface area (Å²) in [6, 6.07) is 19.2. The first-order chi connectivity index (χ1) is 17.3. The summed E-state index contributed by atoms with van der Waals surface area (Å²) in [5.41, 5.74) is 3.75. The average molecular weight is 486 g/mol. The Kier molecular flexibility index (Phi) is 7.73. The fourth-order valence-electron chi connectivity index (χ4n) is 4.92. The SMILES string of the molecule is CC[C@@H](C(=O)NC(C)C)N(Cc1ccc(C)cc1)C(=O)CCCN1C(=O)c2cccc3cccc1c23. The molecule has 1 aliphatic rings. The van der Waals surface area contributed by atoms with Crippen LogP contribution in [0.5, 0.6) is 0 Å². The Hall–Kier alpha value is -3.67. The van der Waals surface area contributed by atoms with Gasteiger partial charge in [0, 0.05) is 36.5 Å². The number of aryl methyl sites for hydroxylation is 1. The summed E-state index contributed by atoms with van der Waals surface area (Å²) in [6.07, 6.45) is 1.30. The van der Waals surface area contributed by atoms with Gasteiger partial charge < -0.3 is 15.1 Å². The molecule has 1 heterocycles. The lowest BCUT2D eigenvalue weighted by Crippen LogP contribution is -2.50. The molecular formula is C30H35N3O3. The number of carbonyl (C=O) groups excluding carboxylic acids is 3. The number of rotatable bonds is 10.